The van der Waals surface area contributed by atoms with Crippen molar-refractivity contribution in [1.82, 2.24) is 0 Å². The molecule has 0 bridgehead atoms. The molecule has 2 rings (SSSR count). The molecule has 0 radical (unpaired) electrons. The van der Waals surface area contributed by atoms with Crippen LogP contribution in [0.4, 0.5) is 5.00 Å². The zero-order valence-corrected chi connectivity index (χ0v) is 12.4. The van der Waals surface area contributed by atoms with Crippen LogP contribution in [0.5, 0.6) is 0 Å². The van der Waals surface area contributed by atoms with E-state index < -0.39 is 5.97 Å². The van der Waals surface area contributed by atoms with Gasteiger partial charge in [-0.05, 0) is 40.2 Å². The van der Waals surface area contributed by atoms with Gasteiger partial charge >= 0.3 is 5.97 Å². The van der Waals surface area contributed by atoms with Gasteiger partial charge in [-0.25, -0.2) is 4.79 Å². The number of halogens is 1. The minimum atomic E-state index is -0.411. The molecule has 0 aliphatic carbocycles. The summed E-state index contributed by atoms with van der Waals surface area (Å²) < 4.78 is 5.33. The average Bonchev–Trinajstić information content (AvgIpc) is 2.86. The van der Waals surface area contributed by atoms with Crippen LogP contribution in [0.2, 0.25) is 0 Å². The summed E-state index contributed by atoms with van der Waals surface area (Å²) in [4.78, 5) is 23.8. The highest BCUT2D eigenvalue weighted by Gasteiger charge is 2.13. The van der Waals surface area contributed by atoms with Gasteiger partial charge in [0.25, 0.3) is 5.91 Å². The van der Waals surface area contributed by atoms with E-state index in [4.69, 9.17) is 0 Å². The molecule has 1 heterocycles. The molecule has 1 amide bonds. The number of nitrogens with one attached hydrogen (secondary N) is 1. The number of hydrogen-bond donors (Lipinski definition) is 1. The summed E-state index contributed by atoms with van der Waals surface area (Å²) in [6, 6.07) is 10.4. The molecule has 0 saturated carbocycles. The molecule has 1 aromatic heterocycles. The van der Waals surface area contributed by atoms with Crippen LogP contribution in [0.25, 0.3) is 0 Å². The van der Waals surface area contributed by atoms with Gasteiger partial charge in [0.15, 0.2) is 0 Å². The van der Waals surface area contributed by atoms with Crippen molar-refractivity contribution in [1.29, 1.82) is 0 Å². The minimum absolute atomic E-state index is 0.231. The molecular weight excluding hydrogens is 330 g/mol. The maximum absolute atomic E-state index is 12.0. The number of benzene rings is 1. The van der Waals surface area contributed by atoms with Gasteiger partial charge in [-0.2, -0.15) is 0 Å². The molecule has 0 aliphatic heterocycles. The summed E-state index contributed by atoms with van der Waals surface area (Å²) in [5, 5.41) is 3.34. The molecule has 0 saturated heterocycles. The van der Waals surface area contributed by atoms with Crippen LogP contribution in [-0.4, -0.2) is 19.0 Å². The van der Waals surface area contributed by atoms with E-state index in [-0.39, 0.29) is 5.91 Å². The van der Waals surface area contributed by atoms with Crippen molar-refractivity contribution in [2.45, 2.75) is 0 Å². The maximum atomic E-state index is 12.0. The molecule has 98 valence electrons. The smallest absolute Gasteiger partial charge is 0.348 e. The van der Waals surface area contributed by atoms with Crippen molar-refractivity contribution in [2.24, 2.45) is 0 Å². The third-order valence-electron chi connectivity index (χ3n) is 2.35. The lowest BCUT2D eigenvalue weighted by Crippen LogP contribution is -2.11. The quantitative estimate of drug-likeness (QED) is 0.870. The largest absolute Gasteiger partial charge is 0.465 e. The maximum Gasteiger partial charge on any atom is 0.348 e. The Hall–Kier alpha value is -1.66. The number of carbonyl (C=O) groups is 2. The summed E-state index contributed by atoms with van der Waals surface area (Å²) in [6.07, 6.45) is 0. The fraction of sp³-hybridized carbons (Fsp3) is 0.0769. The van der Waals surface area contributed by atoms with E-state index in [2.05, 4.69) is 26.0 Å². The van der Waals surface area contributed by atoms with Gasteiger partial charge in [-0.15, -0.1) is 11.3 Å². The second-order valence-electron chi connectivity index (χ2n) is 3.59. The Morgan fingerprint density at radius 3 is 2.63 bits per heavy atom. The Bertz CT molecular complexity index is 624. The molecule has 0 aliphatic rings. The van der Waals surface area contributed by atoms with E-state index in [0.717, 1.165) is 4.47 Å². The number of methoxy groups -OCH3 is 1. The van der Waals surface area contributed by atoms with Crippen LogP contribution in [0.3, 0.4) is 0 Å². The van der Waals surface area contributed by atoms with Gasteiger partial charge < -0.3 is 10.1 Å². The summed E-state index contributed by atoms with van der Waals surface area (Å²) in [5.41, 5.74) is 0.538. The topological polar surface area (TPSA) is 55.4 Å². The molecule has 4 nitrogen and oxygen atoms in total. The van der Waals surface area contributed by atoms with Crippen LogP contribution in [0, 0.1) is 0 Å². The monoisotopic (exact) mass is 339 g/mol. The van der Waals surface area contributed by atoms with Crippen molar-refractivity contribution in [3.63, 3.8) is 0 Å². The Morgan fingerprint density at radius 2 is 1.95 bits per heavy atom. The Labute approximate surface area is 122 Å². The molecule has 1 N–H and O–H groups in total. The summed E-state index contributed by atoms with van der Waals surface area (Å²) in [5.74, 6) is -0.642. The molecule has 1 aromatic carbocycles. The lowest BCUT2D eigenvalue weighted by Gasteiger charge is -2.04. The number of thiophene rings is 1. The SMILES string of the molecule is COC(=O)c1ccc(NC(=O)c2ccccc2Br)s1. The Balaban J connectivity index is 2.14. The first-order valence-electron chi connectivity index (χ1n) is 5.36. The highest BCUT2D eigenvalue weighted by molar-refractivity contribution is 9.10. The highest BCUT2D eigenvalue weighted by Crippen LogP contribution is 2.24. The van der Waals surface area contributed by atoms with E-state index in [9.17, 15) is 9.59 Å². The molecule has 0 atom stereocenters. The summed E-state index contributed by atoms with van der Waals surface area (Å²) in [6.45, 7) is 0. The van der Waals surface area contributed by atoms with Crippen molar-refractivity contribution in [2.75, 3.05) is 12.4 Å². The van der Waals surface area contributed by atoms with E-state index >= 15 is 0 Å². The first-order chi connectivity index (χ1) is 9.11. The summed E-state index contributed by atoms with van der Waals surface area (Å²) in [7, 11) is 1.32. The lowest BCUT2D eigenvalue weighted by atomic mass is 10.2. The number of rotatable bonds is 3. The fourth-order valence-electron chi connectivity index (χ4n) is 1.44. The van der Waals surface area contributed by atoms with Crippen LogP contribution in [-0.2, 0) is 4.74 Å². The van der Waals surface area contributed by atoms with Crippen molar-refractivity contribution < 1.29 is 14.3 Å². The number of anilines is 1. The lowest BCUT2D eigenvalue weighted by molar-refractivity contribution is 0.0606. The predicted molar refractivity (Wildman–Crippen MR) is 77.8 cm³/mol. The molecule has 19 heavy (non-hydrogen) atoms. The van der Waals surface area contributed by atoms with Crippen LogP contribution >= 0.6 is 27.3 Å². The fourth-order valence-corrected chi connectivity index (χ4v) is 2.72. The molecular formula is C13H10BrNO3S. The van der Waals surface area contributed by atoms with E-state index in [0.29, 0.717) is 15.4 Å². The van der Waals surface area contributed by atoms with E-state index in [1.807, 2.05) is 6.07 Å². The first-order valence-corrected chi connectivity index (χ1v) is 6.97. The van der Waals surface area contributed by atoms with E-state index in [1.165, 1.54) is 18.4 Å². The normalized spacial score (nSPS) is 10.0. The third-order valence-corrected chi connectivity index (χ3v) is 4.02. The molecule has 2 aromatic rings. The zero-order chi connectivity index (χ0) is 13.8. The van der Waals surface area contributed by atoms with Crippen molar-refractivity contribution >= 4 is 44.1 Å². The third kappa shape index (κ3) is 3.21. The van der Waals surface area contributed by atoms with Gasteiger partial charge in [0.05, 0.1) is 17.7 Å². The van der Waals surface area contributed by atoms with Gasteiger partial charge in [-0.1, -0.05) is 12.1 Å². The number of carbonyl (C=O) groups excluding carboxylic acids is 2. The second kappa shape index (κ2) is 5.99. The minimum Gasteiger partial charge on any atom is -0.465 e. The van der Waals surface area contributed by atoms with E-state index in [1.54, 1.807) is 30.3 Å². The van der Waals surface area contributed by atoms with Gasteiger partial charge in [-0.3, -0.25) is 4.79 Å². The van der Waals surface area contributed by atoms with Gasteiger partial charge in [0.1, 0.15) is 4.88 Å². The Kier molecular flexibility index (Phi) is 4.34. The first kappa shape index (κ1) is 13.8. The van der Waals surface area contributed by atoms with Crippen molar-refractivity contribution in [3.8, 4) is 0 Å². The van der Waals surface area contributed by atoms with Crippen LogP contribution in [0.15, 0.2) is 40.9 Å². The second-order valence-corrected chi connectivity index (χ2v) is 5.53. The van der Waals surface area contributed by atoms with Crippen LogP contribution < -0.4 is 5.32 Å². The molecule has 6 heteroatoms. The zero-order valence-electron chi connectivity index (χ0n) is 9.98. The van der Waals surface area contributed by atoms with Gasteiger partial charge in [0.2, 0.25) is 0 Å². The average molecular weight is 340 g/mol. The predicted octanol–water partition coefficient (Wildman–Crippen LogP) is 3.55. The Morgan fingerprint density at radius 1 is 1.21 bits per heavy atom. The molecule has 0 spiro atoms. The van der Waals surface area contributed by atoms with Gasteiger partial charge in [0, 0.05) is 4.47 Å². The van der Waals surface area contributed by atoms with Crippen LogP contribution in [0.1, 0.15) is 20.0 Å². The molecule has 0 unspecified atom stereocenters. The standard InChI is InChI=1S/C13H10BrNO3S/c1-18-13(17)10-6-7-11(19-10)15-12(16)8-4-2-3-5-9(8)14/h2-7H,1H3,(H,15,16). The number of esters is 1. The van der Waals surface area contributed by atoms with Crippen molar-refractivity contribution in [3.05, 3.63) is 51.3 Å². The highest BCUT2D eigenvalue weighted by atomic mass is 79.9. The number of ether oxygens (including phenoxy) is 1. The number of hydrogen-bond acceptors (Lipinski definition) is 4. The molecule has 0 fully saturated rings. The number of amides is 1. The summed E-state index contributed by atoms with van der Waals surface area (Å²) >= 11 is 4.49.